The molecule has 2 fully saturated rings. The summed E-state index contributed by atoms with van der Waals surface area (Å²) in [5.74, 6) is 2.67. The molecule has 0 aromatic rings. The molecular weight excluding hydrogens is 224 g/mol. The molecule has 1 nitrogen and oxygen atoms in total. The number of hydrogen-bond donors (Lipinski definition) is 2. The van der Waals surface area contributed by atoms with Gasteiger partial charge in [0, 0.05) is 15.7 Å². The highest BCUT2D eigenvalue weighted by atomic mass is 32.2. The lowest BCUT2D eigenvalue weighted by Crippen LogP contribution is -2.36. The van der Waals surface area contributed by atoms with Gasteiger partial charge in [0.1, 0.15) is 0 Å². The first-order chi connectivity index (χ1) is 6.89. The first-order valence-electron chi connectivity index (χ1n) is 5.84. The molecule has 4 unspecified atom stereocenters. The molecule has 0 aromatic heterocycles. The fourth-order valence-corrected chi connectivity index (χ4v) is 4.95. The van der Waals surface area contributed by atoms with E-state index in [2.05, 4.69) is 20.8 Å². The van der Waals surface area contributed by atoms with Crippen LogP contribution in [0.5, 0.6) is 0 Å². The van der Waals surface area contributed by atoms with Crippen molar-refractivity contribution < 1.29 is 5.11 Å². The van der Waals surface area contributed by atoms with E-state index >= 15 is 0 Å². The average Bonchev–Trinajstić information content (AvgIpc) is 2.62. The molecule has 2 aliphatic carbocycles. The van der Waals surface area contributed by atoms with Crippen LogP contribution in [0.4, 0.5) is 0 Å². The minimum Gasteiger partial charge on any atom is -0.396 e. The van der Waals surface area contributed by atoms with E-state index in [0.717, 1.165) is 17.6 Å². The number of thiol groups is 1. The molecule has 3 heteroatoms. The quantitative estimate of drug-likeness (QED) is 0.747. The van der Waals surface area contributed by atoms with Crippen LogP contribution in [-0.4, -0.2) is 27.5 Å². The molecule has 2 saturated carbocycles. The molecule has 0 bridgehead atoms. The van der Waals surface area contributed by atoms with Gasteiger partial charge in [0.25, 0.3) is 0 Å². The highest BCUT2D eigenvalue weighted by Crippen LogP contribution is 2.68. The molecule has 1 N–H and O–H groups in total. The zero-order valence-corrected chi connectivity index (χ0v) is 11.6. The summed E-state index contributed by atoms with van der Waals surface area (Å²) in [6.45, 7) is 7.36. The molecule has 88 valence electrons. The molecule has 0 saturated heterocycles. The first-order valence-corrected chi connectivity index (χ1v) is 7.34. The Morgan fingerprint density at radius 3 is 2.60 bits per heavy atom. The van der Waals surface area contributed by atoms with Crippen molar-refractivity contribution in [2.75, 3.05) is 12.4 Å². The van der Waals surface area contributed by atoms with Crippen LogP contribution >= 0.6 is 24.4 Å². The van der Waals surface area contributed by atoms with Gasteiger partial charge in [0.2, 0.25) is 0 Å². The van der Waals surface area contributed by atoms with Crippen LogP contribution in [0.15, 0.2) is 0 Å². The summed E-state index contributed by atoms with van der Waals surface area (Å²) in [4.78, 5) is 0. The summed E-state index contributed by atoms with van der Waals surface area (Å²) in [7, 11) is 0. The van der Waals surface area contributed by atoms with Crippen LogP contribution < -0.4 is 0 Å². The zero-order valence-electron chi connectivity index (χ0n) is 9.86. The Morgan fingerprint density at radius 1 is 1.33 bits per heavy atom. The second-order valence-electron chi connectivity index (χ2n) is 5.91. The third kappa shape index (κ3) is 2.07. The monoisotopic (exact) mass is 246 g/mol. The molecule has 4 atom stereocenters. The van der Waals surface area contributed by atoms with E-state index in [1.54, 1.807) is 0 Å². The van der Waals surface area contributed by atoms with Gasteiger partial charge < -0.3 is 5.11 Å². The zero-order chi connectivity index (χ0) is 11.3. The highest BCUT2D eigenvalue weighted by Gasteiger charge is 2.63. The fourth-order valence-electron chi connectivity index (χ4n) is 3.23. The third-order valence-electron chi connectivity index (χ3n) is 4.49. The van der Waals surface area contributed by atoms with Gasteiger partial charge in [0.15, 0.2) is 0 Å². The maximum Gasteiger partial charge on any atom is 0.0521 e. The van der Waals surface area contributed by atoms with Crippen LogP contribution in [0.25, 0.3) is 0 Å². The number of aliphatic hydroxyl groups is 1. The molecule has 15 heavy (non-hydrogen) atoms. The van der Waals surface area contributed by atoms with E-state index in [9.17, 15) is 0 Å². The molecule has 0 heterocycles. The van der Waals surface area contributed by atoms with Gasteiger partial charge in [-0.25, -0.2) is 0 Å². The number of thioether (sulfide) groups is 1. The van der Waals surface area contributed by atoms with Crippen molar-refractivity contribution in [2.45, 2.75) is 43.6 Å². The highest BCUT2D eigenvalue weighted by molar-refractivity contribution is 8.00. The standard InChI is InChI=1S/C12H22OS2/c1-11(2)8-6-10(15-5-4-13)12(3,14)7-9(8)11/h8-10,13-14H,4-7H2,1-3H3. The molecule has 0 amide bonds. The average molecular weight is 246 g/mol. The van der Waals surface area contributed by atoms with Crippen molar-refractivity contribution in [3.63, 3.8) is 0 Å². The largest absolute Gasteiger partial charge is 0.396 e. The van der Waals surface area contributed by atoms with Crippen molar-refractivity contribution in [1.82, 2.24) is 0 Å². The SMILES string of the molecule is CC1(S)CC2C(CC1SCCO)C2(C)C. The van der Waals surface area contributed by atoms with Crippen LogP contribution in [0.3, 0.4) is 0 Å². The first kappa shape index (κ1) is 12.1. The van der Waals surface area contributed by atoms with Crippen molar-refractivity contribution >= 4 is 24.4 Å². The van der Waals surface area contributed by atoms with Crippen LogP contribution in [0.2, 0.25) is 0 Å². The lowest BCUT2D eigenvalue weighted by Gasteiger charge is -2.36. The molecule has 0 spiro atoms. The minimum atomic E-state index is 0.161. The summed E-state index contributed by atoms with van der Waals surface area (Å²) in [6, 6.07) is 0. The second kappa shape index (κ2) is 3.85. The summed E-state index contributed by atoms with van der Waals surface area (Å²) in [5.41, 5.74) is 0.554. The number of aliphatic hydroxyl groups excluding tert-OH is 1. The Kier molecular flexibility index (Phi) is 3.11. The summed E-state index contributed by atoms with van der Waals surface area (Å²) < 4.78 is 0.161. The number of fused-ring (bicyclic) bond motifs is 1. The second-order valence-corrected chi connectivity index (χ2v) is 8.25. The van der Waals surface area contributed by atoms with Gasteiger partial charge in [-0.05, 0) is 37.0 Å². The van der Waals surface area contributed by atoms with Crippen molar-refractivity contribution in [3.05, 3.63) is 0 Å². The molecule has 2 aliphatic rings. The van der Waals surface area contributed by atoms with Gasteiger partial charge >= 0.3 is 0 Å². The lowest BCUT2D eigenvalue weighted by molar-refractivity contribution is 0.321. The Labute approximate surface area is 103 Å². The lowest BCUT2D eigenvalue weighted by atomic mass is 9.89. The van der Waals surface area contributed by atoms with E-state index < -0.39 is 0 Å². The predicted molar refractivity (Wildman–Crippen MR) is 70.7 cm³/mol. The van der Waals surface area contributed by atoms with Gasteiger partial charge in [-0.2, -0.15) is 24.4 Å². The molecule has 0 aliphatic heterocycles. The normalized spacial score (nSPS) is 47.4. The van der Waals surface area contributed by atoms with Gasteiger partial charge in [0.05, 0.1) is 6.61 Å². The topological polar surface area (TPSA) is 20.2 Å². The van der Waals surface area contributed by atoms with Gasteiger partial charge in [-0.1, -0.05) is 13.8 Å². The van der Waals surface area contributed by atoms with Gasteiger partial charge in [-0.15, -0.1) is 0 Å². The Morgan fingerprint density at radius 2 is 2.00 bits per heavy atom. The van der Waals surface area contributed by atoms with E-state index in [0.29, 0.717) is 17.3 Å². The number of rotatable bonds is 3. The summed E-state index contributed by atoms with van der Waals surface area (Å²) >= 11 is 6.76. The fraction of sp³-hybridized carbons (Fsp3) is 1.00. The van der Waals surface area contributed by atoms with Crippen molar-refractivity contribution in [3.8, 4) is 0 Å². The molecule has 2 rings (SSSR count). The Bertz CT molecular complexity index is 250. The van der Waals surface area contributed by atoms with Crippen LogP contribution in [0, 0.1) is 17.3 Å². The predicted octanol–water partition coefficient (Wildman–Crippen LogP) is 2.84. The van der Waals surface area contributed by atoms with E-state index in [1.165, 1.54) is 12.8 Å². The van der Waals surface area contributed by atoms with Crippen molar-refractivity contribution in [1.29, 1.82) is 0 Å². The minimum absolute atomic E-state index is 0.161. The number of hydrogen-bond acceptors (Lipinski definition) is 3. The van der Waals surface area contributed by atoms with E-state index in [-0.39, 0.29) is 4.75 Å². The van der Waals surface area contributed by atoms with Crippen LogP contribution in [0.1, 0.15) is 33.6 Å². The van der Waals surface area contributed by atoms with E-state index in [1.807, 2.05) is 11.8 Å². The molecule has 0 aromatic carbocycles. The molecular formula is C12H22OS2. The third-order valence-corrected chi connectivity index (χ3v) is 6.70. The van der Waals surface area contributed by atoms with Crippen molar-refractivity contribution in [2.24, 2.45) is 17.3 Å². The van der Waals surface area contributed by atoms with Crippen LogP contribution in [-0.2, 0) is 0 Å². The smallest absolute Gasteiger partial charge is 0.0521 e. The molecule has 0 radical (unpaired) electrons. The summed E-state index contributed by atoms with van der Waals surface area (Å²) in [5, 5.41) is 9.52. The van der Waals surface area contributed by atoms with Gasteiger partial charge in [-0.3, -0.25) is 0 Å². The Hall–Kier alpha value is 0.660. The summed E-state index contributed by atoms with van der Waals surface area (Å²) in [6.07, 6.45) is 2.54. The Balaban J connectivity index is 2.00. The van der Waals surface area contributed by atoms with E-state index in [4.69, 9.17) is 17.7 Å². The maximum atomic E-state index is 8.90. The maximum absolute atomic E-state index is 8.90.